The summed E-state index contributed by atoms with van der Waals surface area (Å²) in [5.41, 5.74) is 12.2. The lowest BCUT2D eigenvalue weighted by Crippen LogP contribution is -2.00. The highest BCUT2D eigenvalue weighted by atomic mass is 32.1. The number of thiophene rings is 1. The van der Waals surface area contributed by atoms with Gasteiger partial charge in [0, 0.05) is 76.2 Å². The van der Waals surface area contributed by atoms with Crippen molar-refractivity contribution in [2.75, 3.05) is 0 Å². The Morgan fingerprint density at radius 3 is 1.43 bits per heavy atom. The highest BCUT2D eigenvalue weighted by molar-refractivity contribution is 7.27. The zero-order valence-corrected chi connectivity index (χ0v) is 34.7. The molecule has 0 aliphatic carbocycles. The molecule has 0 aliphatic rings. The van der Waals surface area contributed by atoms with Crippen LogP contribution in [0.5, 0.6) is 0 Å². The molecule has 13 aromatic rings. The summed E-state index contributed by atoms with van der Waals surface area (Å²) in [6, 6.07) is 75.5. The van der Waals surface area contributed by atoms with Crippen LogP contribution in [0.3, 0.4) is 0 Å². The van der Waals surface area contributed by atoms with Crippen LogP contribution in [0.25, 0.3) is 120 Å². The summed E-state index contributed by atoms with van der Waals surface area (Å²) >= 11 is 1.89. The van der Waals surface area contributed by atoms with Crippen molar-refractivity contribution in [2.45, 2.75) is 0 Å². The van der Waals surface area contributed by atoms with Gasteiger partial charge in [0.25, 0.3) is 0 Å². The summed E-state index contributed by atoms with van der Waals surface area (Å²) in [4.78, 5) is 15.2. The van der Waals surface area contributed by atoms with Crippen LogP contribution < -0.4 is 0 Å². The van der Waals surface area contributed by atoms with E-state index in [4.69, 9.17) is 15.0 Å². The molecule has 0 unspecified atom stereocenters. The van der Waals surface area contributed by atoms with Crippen LogP contribution in [0.15, 0.2) is 212 Å². The number of hydrogen-bond acceptors (Lipinski definition) is 4. The van der Waals surface area contributed by atoms with Gasteiger partial charge in [-0.05, 0) is 36.4 Å². The molecule has 0 saturated heterocycles. The fraction of sp³-hybridized carbons (Fsp3) is 0. The van der Waals surface area contributed by atoms with Gasteiger partial charge in [-0.3, -0.25) is 0 Å². The number of nitrogens with zero attached hydrogens (tertiary/aromatic N) is 5. The van der Waals surface area contributed by atoms with Crippen molar-refractivity contribution < 1.29 is 0 Å². The van der Waals surface area contributed by atoms with Gasteiger partial charge in [-0.2, -0.15) is 0 Å². The van der Waals surface area contributed by atoms with Crippen molar-refractivity contribution in [1.29, 1.82) is 0 Å². The van der Waals surface area contributed by atoms with Crippen molar-refractivity contribution in [3.8, 4) is 56.7 Å². The van der Waals surface area contributed by atoms with Gasteiger partial charge in [-0.1, -0.05) is 176 Å². The van der Waals surface area contributed by atoms with E-state index in [1.54, 1.807) is 0 Å². The standard InChI is InChI=1S/C57H35N5S/c1-5-17-36(18-6-1)55-58-56(37-19-7-2-8-20-37)60-57(59-55)38-31-32-42-45-33-34-48-47-29-16-28-46(53(47)63-54(48)52(45)62(50(42)35-38)40-23-11-4-12-24-40)44-27-15-26-43-41-25-13-14-30-49(41)61(51(43)44)39-21-9-3-10-22-39/h1-35H. The van der Waals surface area contributed by atoms with E-state index in [1.807, 2.05) is 47.7 Å². The highest BCUT2D eigenvalue weighted by Crippen LogP contribution is 2.48. The number of rotatable bonds is 6. The Hall–Kier alpha value is -8.19. The smallest absolute Gasteiger partial charge is 0.164 e. The number of hydrogen-bond donors (Lipinski definition) is 0. The molecule has 0 bridgehead atoms. The van der Waals surface area contributed by atoms with Gasteiger partial charge in [-0.25, -0.2) is 15.0 Å². The van der Waals surface area contributed by atoms with Gasteiger partial charge >= 0.3 is 0 Å². The Balaban J connectivity index is 1.07. The Morgan fingerprint density at radius 2 is 0.762 bits per heavy atom. The fourth-order valence-electron chi connectivity index (χ4n) is 9.57. The van der Waals surface area contributed by atoms with Gasteiger partial charge in [0.1, 0.15) is 0 Å². The van der Waals surface area contributed by atoms with Crippen molar-refractivity contribution in [3.63, 3.8) is 0 Å². The molecule has 13 rings (SSSR count). The van der Waals surface area contributed by atoms with Crippen LogP contribution in [0.4, 0.5) is 0 Å². The monoisotopic (exact) mass is 821 g/mol. The van der Waals surface area contributed by atoms with Crippen LogP contribution in [-0.4, -0.2) is 24.1 Å². The molecule has 0 saturated carbocycles. The first-order chi connectivity index (χ1) is 31.3. The Kier molecular flexibility index (Phi) is 8.01. The Morgan fingerprint density at radius 1 is 0.302 bits per heavy atom. The van der Waals surface area contributed by atoms with E-state index in [1.165, 1.54) is 69.4 Å². The molecular weight excluding hydrogens is 787 g/mol. The number of fused-ring (bicyclic) bond motifs is 10. The normalized spacial score (nSPS) is 11.8. The van der Waals surface area contributed by atoms with Gasteiger partial charge in [-0.15, -0.1) is 11.3 Å². The third kappa shape index (κ3) is 5.59. The molecule has 0 fully saturated rings. The van der Waals surface area contributed by atoms with Crippen LogP contribution in [0.1, 0.15) is 0 Å². The second-order valence-corrected chi connectivity index (χ2v) is 17.0. The lowest BCUT2D eigenvalue weighted by molar-refractivity contribution is 1.07. The zero-order chi connectivity index (χ0) is 41.4. The molecule has 0 spiro atoms. The molecule has 4 heterocycles. The topological polar surface area (TPSA) is 48.5 Å². The number of benzene rings is 9. The van der Waals surface area contributed by atoms with Crippen molar-refractivity contribution in [3.05, 3.63) is 212 Å². The van der Waals surface area contributed by atoms with Crippen molar-refractivity contribution >= 4 is 75.1 Å². The summed E-state index contributed by atoms with van der Waals surface area (Å²) in [5, 5.41) is 7.38. The van der Waals surface area contributed by atoms with E-state index in [0.29, 0.717) is 17.5 Å². The third-order valence-electron chi connectivity index (χ3n) is 12.4. The van der Waals surface area contributed by atoms with Gasteiger partial charge in [0.05, 0.1) is 26.8 Å². The number of para-hydroxylation sites is 4. The van der Waals surface area contributed by atoms with E-state index < -0.39 is 0 Å². The molecule has 4 aromatic heterocycles. The van der Waals surface area contributed by atoms with Gasteiger partial charge in [0.15, 0.2) is 17.5 Å². The SMILES string of the molecule is c1ccc(-c2nc(-c3ccccc3)nc(-c3ccc4c5ccc6c7cccc(-c8cccc9c%10ccccc%10n(-c%10ccccc%10)c89)c7sc6c5n(-c5ccccc5)c4c3)n2)cc1. The third-order valence-corrected chi connectivity index (χ3v) is 13.6. The van der Waals surface area contributed by atoms with E-state index in [9.17, 15) is 0 Å². The average Bonchev–Trinajstić information content (AvgIpc) is 4.03. The van der Waals surface area contributed by atoms with E-state index in [-0.39, 0.29) is 0 Å². The van der Waals surface area contributed by atoms with E-state index >= 15 is 0 Å². The minimum Gasteiger partial charge on any atom is -0.309 e. The molecule has 0 N–H and O–H groups in total. The maximum atomic E-state index is 5.11. The first-order valence-corrected chi connectivity index (χ1v) is 22.0. The zero-order valence-electron chi connectivity index (χ0n) is 33.9. The Labute approximate surface area is 366 Å². The van der Waals surface area contributed by atoms with Gasteiger partial charge < -0.3 is 9.13 Å². The molecule has 5 nitrogen and oxygen atoms in total. The quantitative estimate of drug-likeness (QED) is 0.168. The van der Waals surface area contributed by atoms with Crippen LogP contribution in [0, 0.1) is 0 Å². The Bertz CT molecular complexity index is 3830. The molecular formula is C57H35N5S. The maximum Gasteiger partial charge on any atom is 0.164 e. The molecule has 9 aromatic carbocycles. The first kappa shape index (κ1) is 35.6. The molecule has 0 aliphatic heterocycles. The summed E-state index contributed by atoms with van der Waals surface area (Å²) in [7, 11) is 0. The largest absolute Gasteiger partial charge is 0.309 e. The van der Waals surface area contributed by atoms with Gasteiger partial charge in [0.2, 0.25) is 0 Å². The molecule has 0 radical (unpaired) electrons. The molecule has 6 heteroatoms. The number of aromatic nitrogens is 5. The first-order valence-electron chi connectivity index (χ1n) is 21.2. The van der Waals surface area contributed by atoms with Crippen molar-refractivity contribution in [1.82, 2.24) is 24.1 Å². The van der Waals surface area contributed by atoms with E-state index in [2.05, 4.69) is 185 Å². The maximum absolute atomic E-state index is 5.11. The summed E-state index contributed by atoms with van der Waals surface area (Å²) in [6.07, 6.45) is 0. The summed E-state index contributed by atoms with van der Waals surface area (Å²) in [6.45, 7) is 0. The highest BCUT2D eigenvalue weighted by Gasteiger charge is 2.23. The van der Waals surface area contributed by atoms with E-state index in [0.717, 1.165) is 33.6 Å². The van der Waals surface area contributed by atoms with Crippen LogP contribution in [-0.2, 0) is 0 Å². The molecule has 294 valence electrons. The molecule has 63 heavy (non-hydrogen) atoms. The second-order valence-electron chi connectivity index (χ2n) is 16.0. The van der Waals surface area contributed by atoms with Crippen LogP contribution in [0.2, 0.25) is 0 Å². The molecule has 0 amide bonds. The lowest BCUT2D eigenvalue weighted by atomic mass is 9.99. The summed E-state index contributed by atoms with van der Waals surface area (Å²) < 4.78 is 7.41. The fourth-order valence-corrected chi connectivity index (χ4v) is 10.9. The minimum absolute atomic E-state index is 0.633. The predicted octanol–water partition coefficient (Wildman–Crippen LogP) is 15.1. The summed E-state index contributed by atoms with van der Waals surface area (Å²) in [5.74, 6) is 1.92. The molecule has 0 atom stereocenters. The predicted molar refractivity (Wildman–Crippen MR) is 263 cm³/mol. The average molecular weight is 822 g/mol. The van der Waals surface area contributed by atoms with Crippen LogP contribution >= 0.6 is 11.3 Å². The second kappa shape index (κ2) is 14.2. The lowest BCUT2D eigenvalue weighted by Gasteiger charge is -2.12. The van der Waals surface area contributed by atoms with Crippen molar-refractivity contribution in [2.24, 2.45) is 0 Å². The minimum atomic E-state index is 0.633.